The van der Waals surface area contributed by atoms with Gasteiger partial charge in [0, 0.05) is 25.3 Å². The smallest absolute Gasteiger partial charge is 0.408 e. The maximum Gasteiger partial charge on any atom is 0.408 e. The Bertz CT molecular complexity index is 1080. The third kappa shape index (κ3) is 9.77. The number of carbonyl (C=O) groups is 4. The first kappa shape index (κ1) is 32.5. The molecule has 2 fully saturated rings. The summed E-state index contributed by atoms with van der Waals surface area (Å²) in [5, 5.41) is 16.3. The fourth-order valence-corrected chi connectivity index (χ4v) is 4.62. The molecule has 12 heteroatoms. The van der Waals surface area contributed by atoms with E-state index >= 15 is 0 Å². The van der Waals surface area contributed by atoms with Gasteiger partial charge in [0.25, 0.3) is 0 Å². The quantitative estimate of drug-likeness (QED) is 0.391. The molecule has 2 amide bonds. The van der Waals surface area contributed by atoms with Gasteiger partial charge >= 0.3 is 12.1 Å². The highest BCUT2D eigenvalue weighted by Crippen LogP contribution is 2.35. The minimum Gasteiger partial charge on any atom is -0.458 e. The summed E-state index contributed by atoms with van der Waals surface area (Å²) in [5.41, 5.74) is -0.934. The van der Waals surface area contributed by atoms with Crippen LogP contribution in [0.15, 0.2) is 30.3 Å². The van der Waals surface area contributed by atoms with E-state index in [1.54, 1.807) is 41.5 Å². The molecule has 41 heavy (non-hydrogen) atoms. The highest BCUT2D eigenvalue weighted by atomic mass is 16.7. The van der Waals surface area contributed by atoms with E-state index < -0.39 is 84.2 Å². The largest absolute Gasteiger partial charge is 0.458 e. The summed E-state index contributed by atoms with van der Waals surface area (Å²) >= 11 is 0. The van der Waals surface area contributed by atoms with Crippen molar-refractivity contribution in [1.29, 1.82) is 0 Å². The Morgan fingerprint density at radius 1 is 1.00 bits per heavy atom. The van der Waals surface area contributed by atoms with Gasteiger partial charge in [-0.2, -0.15) is 0 Å². The van der Waals surface area contributed by atoms with Crippen LogP contribution in [0.4, 0.5) is 4.79 Å². The number of aliphatic hydroxyl groups is 1. The molecule has 228 valence electrons. The van der Waals surface area contributed by atoms with Crippen molar-refractivity contribution in [2.75, 3.05) is 6.61 Å². The number of carbonyl (C=O) groups excluding carboxylic acids is 4. The first-order valence-electron chi connectivity index (χ1n) is 13.7. The minimum atomic E-state index is -1.33. The molecule has 0 radical (unpaired) electrons. The van der Waals surface area contributed by atoms with Gasteiger partial charge in [-0.1, -0.05) is 30.3 Å². The second-order valence-electron chi connectivity index (χ2n) is 12.3. The van der Waals surface area contributed by atoms with E-state index in [1.165, 1.54) is 6.92 Å². The van der Waals surface area contributed by atoms with Crippen LogP contribution in [0.1, 0.15) is 73.2 Å². The lowest BCUT2D eigenvalue weighted by Crippen LogP contribution is -2.66. The summed E-state index contributed by atoms with van der Waals surface area (Å²) in [7, 11) is 0. The van der Waals surface area contributed by atoms with Gasteiger partial charge in [-0.15, -0.1) is 0 Å². The van der Waals surface area contributed by atoms with Crippen LogP contribution < -0.4 is 10.6 Å². The van der Waals surface area contributed by atoms with E-state index in [2.05, 4.69) is 10.6 Å². The molecule has 1 aromatic rings. The molecule has 3 N–H and O–H groups in total. The van der Waals surface area contributed by atoms with Gasteiger partial charge in [0.15, 0.2) is 6.29 Å². The highest BCUT2D eigenvalue weighted by molar-refractivity contribution is 5.89. The lowest BCUT2D eigenvalue weighted by molar-refractivity contribution is -0.314. The van der Waals surface area contributed by atoms with Crippen molar-refractivity contribution in [1.82, 2.24) is 10.6 Å². The van der Waals surface area contributed by atoms with Crippen LogP contribution in [-0.4, -0.2) is 83.2 Å². The number of esters is 1. The lowest BCUT2D eigenvalue weighted by atomic mass is 9.88. The summed E-state index contributed by atoms with van der Waals surface area (Å²) in [5.74, 6) is -1.71. The molecule has 0 aromatic heterocycles. The van der Waals surface area contributed by atoms with Crippen molar-refractivity contribution in [3.8, 4) is 0 Å². The van der Waals surface area contributed by atoms with Gasteiger partial charge in [0.05, 0.1) is 18.8 Å². The number of fused-ring (bicyclic) bond motifs is 1. The monoisotopic (exact) mass is 578 g/mol. The van der Waals surface area contributed by atoms with Crippen LogP contribution in [0.3, 0.4) is 0 Å². The Morgan fingerprint density at radius 2 is 1.63 bits per heavy atom. The Kier molecular flexibility index (Phi) is 10.5. The molecule has 0 aliphatic carbocycles. The van der Waals surface area contributed by atoms with E-state index in [4.69, 9.17) is 23.7 Å². The van der Waals surface area contributed by atoms with E-state index in [0.717, 1.165) is 5.56 Å². The SMILES string of the molecule is CC(=O)N[C@@H]1[C@@H](O)[C@@H]2OC(c3ccccc3)OC[C@H]2O[C@H]1CC(=O)C[C@H](NC(=O)OC(C)(C)C)C(=O)OC(C)(C)C. The Hall–Kier alpha value is -3.06. The first-order chi connectivity index (χ1) is 19.0. The third-order valence-corrected chi connectivity index (χ3v) is 6.20. The molecule has 2 saturated heterocycles. The van der Waals surface area contributed by atoms with E-state index in [1.807, 2.05) is 30.3 Å². The Balaban J connectivity index is 1.73. The van der Waals surface area contributed by atoms with Crippen molar-refractivity contribution in [2.45, 2.75) is 115 Å². The van der Waals surface area contributed by atoms with Crippen LogP contribution in [-0.2, 0) is 38.1 Å². The lowest BCUT2D eigenvalue weighted by Gasteiger charge is -2.48. The first-order valence-corrected chi connectivity index (χ1v) is 13.7. The molecular formula is C29H42N2O10. The molecule has 2 aliphatic rings. The summed E-state index contributed by atoms with van der Waals surface area (Å²) in [6, 6.07) is 6.90. The summed E-state index contributed by atoms with van der Waals surface area (Å²) in [6.45, 7) is 11.4. The number of hydrogen-bond acceptors (Lipinski definition) is 10. The topological polar surface area (TPSA) is 159 Å². The molecule has 1 unspecified atom stereocenters. The zero-order valence-electron chi connectivity index (χ0n) is 24.7. The summed E-state index contributed by atoms with van der Waals surface area (Å²) in [4.78, 5) is 50.6. The van der Waals surface area contributed by atoms with Crippen molar-refractivity contribution in [3.63, 3.8) is 0 Å². The van der Waals surface area contributed by atoms with Crippen LogP contribution in [0.2, 0.25) is 0 Å². The van der Waals surface area contributed by atoms with Crippen LogP contribution in [0, 0.1) is 0 Å². The normalized spacial score (nSPS) is 27.1. The predicted octanol–water partition coefficient (Wildman–Crippen LogP) is 2.32. The van der Waals surface area contributed by atoms with Gasteiger partial charge in [0.2, 0.25) is 5.91 Å². The van der Waals surface area contributed by atoms with Gasteiger partial charge in [0.1, 0.15) is 41.3 Å². The molecule has 12 nitrogen and oxygen atoms in total. The maximum absolute atomic E-state index is 13.3. The fourth-order valence-electron chi connectivity index (χ4n) is 4.62. The Morgan fingerprint density at radius 3 is 2.22 bits per heavy atom. The average Bonchev–Trinajstić information content (AvgIpc) is 2.84. The number of benzene rings is 1. The molecular weight excluding hydrogens is 536 g/mol. The van der Waals surface area contributed by atoms with Gasteiger partial charge < -0.3 is 39.4 Å². The molecule has 1 aromatic carbocycles. The molecule has 0 bridgehead atoms. The van der Waals surface area contributed by atoms with Crippen molar-refractivity contribution >= 4 is 23.8 Å². The number of aliphatic hydroxyl groups excluding tert-OH is 1. The molecule has 0 spiro atoms. The number of Topliss-reactive ketones (excluding diaryl/α,β-unsaturated/α-hetero) is 1. The molecule has 7 atom stereocenters. The number of hydrogen-bond donors (Lipinski definition) is 3. The third-order valence-electron chi connectivity index (χ3n) is 6.20. The predicted molar refractivity (Wildman–Crippen MR) is 146 cm³/mol. The molecule has 2 heterocycles. The Labute approximate surface area is 240 Å². The zero-order valence-corrected chi connectivity index (χ0v) is 24.7. The fraction of sp³-hybridized carbons (Fsp3) is 0.655. The van der Waals surface area contributed by atoms with Crippen molar-refractivity contribution in [2.24, 2.45) is 0 Å². The number of amides is 2. The number of rotatable bonds is 8. The van der Waals surface area contributed by atoms with Crippen molar-refractivity contribution in [3.05, 3.63) is 35.9 Å². The standard InChI is InChI=1S/C29H42N2O10/c1-16(32)30-22-20(38-21-15-37-26(39-24(21)23(22)34)17-11-9-8-10-12-17)14-18(33)13-19(25(35)40-28(2,3)4)31-27(36)41-29(5,6)7/h8-12,19-24,26,34H,13-15H2,1-7H3,(H,30,32)(H,31,36)/t19-,20-,21+,22-,23+,24+,26?/m0/s1. The van der Waals surface area contributed by atoms with Crippen LogP contribution in [0.25, 0.3) is 0 Å². The van der Waals surface area contributed by atoms with Gasteiger partial charge in [-0.05, 0) is 41.5 Å². The van der Waals surface area contributed by atoms with Crippen molar-refractivity contribution < 1.29 is 48.0 Å². The van der Waals surface area contributed by atoms with E-state index in [9.17, 15) is 24.3 Å². The van der Waals surface area contributed by atoms with E-state index in [0.29, 0.717) is 0 Å². The maximum atomic E-state index is 13.3. The zero-order chi connectivity index (χ0) is 30.5. The molecule has 3 rings (SSSR count). The average molecular weight is 579 g/mol. The second-order valence-corrected chi connectivity index (χ2v) is 12.3. The minimum absolute atomic E-state index is 0.0828. The summed E-state index contributed by atoms with van der Waals surface area (Å²) < 4.78 is 28.6. The number of alkyl carbamates (subject to hydrolysis) is 1. The van der Waals surface area contributed by atoms with E-state index in [-0.39, 0.29) is 13.0 Å². The van der Waals surface area contributed by atoms with Gasteiger partial charge in [-0.25, -0.2) is 9.59 Å². The summed E-state index contributed by atoms with van der Waals surface area (Å²) in [6.07, 6.45) is -6.03. The second kappa shape index (κ2) is 13.3. The number of ether oxygens (including phenoxy) is 5. The number of ketones is 1. The number of nitrogens with one attached hydrogen (secondary N) is 2. The van der Waals surface area contributed by atoms with Crippen LogP contribution >= 0.6 is 0 Å². The highest BCUT2D eigenvalue weighted by Gasteiger charge is 2.50. The molecule has 2 aliphatic heterocycles. The van der Waals surface area contributed by atoms with Crippen LogP contribution in [0.5, 0.6) is 0 Å². The molecule has 0 saturated carbocycles. The van der Waals surface area contributed by atoms with Gasteiger partial charge in [-0.3, -0.25) is 9.59 Å².